The number of amides is 1. The Labute approximate surface area is 192 Å². The molecule has 0 aliphatic heterocycles. The summed E-state index contributed by atoms with van der Waals surface area (Å²) in [4.78, 5) is 14.8. The van der Waals surface area contributed by atoms with Crippen molar-refractivity contribution in [2.75, 3.05) is 23.3 Å². The van der Waals surface area contributed by atoms with Crippen molar-refractivity contribution in [1.82, 2.24) is 5.32 Å². The Kier molecular flexibility index (Phi) is 10.6. The topological polar surface area (TPSA) is 68.2 Å². The molecule has 31 heavy (non-hydrogen) atoms. The number of aryl methyl sites for hydroxylation is 2. The Morgan fingerprint density at radius 2 is 1.77 bits per heavy atom. The van der Waals surface area contributed by atoms with Gasteiger partial charge in [0.1, 0.15) is 11.6 Å². The number of rotatable bonds is 9. The fourth-order valence-electron chi connectivity index (χ4n) is 3.29. The van der Waals surface area contributed by atoms with Crippen molar-refractivity contribution in [2.45, 2.75) is 47.1 Å². The number of nitriles is 1. The van der Waals surface area contributed by atoms with Gasteiger partial charge in [0.15, 0.2) is 0 Å². The zero-order valence-corrected chi connectivity index (χ0v) is 19.8. The molecule has 0 saturated heterocycles. The van der Waals surface area contributed by atoms with Crippen LogP contribution in [0.1, 0.15) is 50.4 Å². The summed E-state index contributed by atoms with van der Waals surface area (Å²) < 4.78 is 0. The van der Waals surface area contributed by atoms with E-state index in [1.165, 1.54) is 11.8 Å². The lowest BCUT2D eigenvalue weighted by molar-refractivity contribution is -0.117. The van der Waals surface area contributed by atoms with Gasteiger partial charge < -0.3 is 27.9 Å². The van der Waals surface area contributed by atoms with Crippen molar-refractivity contribution in [1.29, 1.82) is 5.26 Å². The average molecular weight is 440 g/mol. The second-order valence-corrected chi connectivity index (χ2v) is 7.28. The Hall–Kier alpha value is -2.97. The number of anilines is 2. The second kappa shape index (κ2) is 12.7. The molecule has 6 heteroatoms. The number of nitrogens with zero attached hydrogens (tertiary/aromatic N) is 2. The fourth-order valence-corrected chi connectivity index (χ4v) is 3.29. The summed E-state index contributed by atoms with van der Waals surface area (Å²) in [6.07, 6.45) is 2.45. The molecule has 0 fully saturated rings. The highest BCUT2D eigenvalue weighted by atomic mass is 35.5. The van der Waals surface area contributed by atoms with E-state index in [4.69, 9.17) is 0 Å². The van der Waals surface area contributed by atoms with Crippen LogP contribution in [-0.4, -0.2) is 19.0 Å². The summed E-state index contributed by atoms with van der Waals surface area (Å²) >= 11 is 0. The SMILES string of the molecule is CCc1ccc(C(C)NC(=O)/C(C#N)=C\Nc2ccc(N(CC)CC)cc2C)cc1.[Cl-]. The Bertz CT molecular complexity index is 928. The molecule has 2 aromatic carbocycles. The van der Waals surface area contributed by atoms with Crippen molar-refractivity contribution in [3.63, 3.8) is 0 Å². The summed E-state index contributed by atoms with van der Waals surface area (Å²) in [5, 5.41) is 15.5. The first-order valence-corrected chi connectivity index (χ1v) is 10.6. The zero-order chi connectivity index (χ0) is 22.1. The number of hydrogen-bond donors (Lipinski definition) is 2. The van der Waals surface area contributed by atoms with Crippen LogP contribution in [0.2, 0.25) is 0 Å². The lowest BCUT2D eigenvalue weighted by Crippen LogP contribution is -3.00. The molecule has 0 aliphatic carbocycles. The predicted octanol–water partition coefficient (Wildman–Crippen LogP) is 2.10. The first-order chi connectivity index (χ1) is 14.4. The number of hydrogen-bond acceptors (Lipinski definition) is 4. The molecule has 0 spiro atoms. The average Bonchev–Trinajstić information content (AvgIpc) is 2.76. The molecule has 1 amide bonds. The maximum Gasteiger partial charge on any atom is 0.263 e. The van der Waals surface area contributed by atoms with Gasteiger partial charge in [0.25, 0.3) is 5.91 Å². The molecule has 0 radical (unpaired) electrons. The lowest BCUT2D eigenvalue weighted by Gasteiger charge is -2.22. The molecule has 2 rings (SSSR count). The highest BCUT2D eigenvalue weighted by Crippen LogP contribution is 2.23. The molecule has 0 saturated carbocycles. The van der Waals surface area contributed by atoms with Crippen LogP contribution in [0.3, 0.4) is 0 Å². The normalized spacial score (nSPS) is 11.7. The van der Waals surface area contributed by atoms with Gasteiger partial charge in [-0.3, -0.25) is 4.79 Å². The van der Waals surface area contributed by atoms with Gasteiger partial charge in [-0.05, 0) is 69.0 Å². The number of carbonyl (C=O) groups is 1. The van der Waals surface area contributed by atoms with Gasteiger partial charge in [-0.25, -0.2) is 0 Å². The van der Waals surface area contributed by atoms with Crippen LogP contribution in [0.25, 0.3) is 0 Å². The van der Waals surface area contributed by atoms with Gasteiger partial charge in [0.2, 0.25) is 0 Å². The van der Waals surface area contributed by atoms with Crippen LogP contribution in [0, 0.1) is 18.3 Å². The van der Waals surface area contributed by atoms with Crippen LogP contribution in [-0.2, 0) is 11.2 Å². The highest BCUT2D eigenvalue weighted by molar-refractivity contribution is 5.97. The third-order valence-corrected chi connectivity index (χ3v) is 5.31. The van der Waals surface area contributed by atoms with Crippen molar-refractivity contribution in [2.24, 2.45) is 0 Å². The van der Waals surface area contributed by atoms with Crippen LogP contribution >= 0.6 is 0 Å². The number of nitrogens with one attached hydrogen (secondary N) is 2. The quantitative estimate of drug-likeness (QED) is 0.464. The highest BCUT2D eigenvalue weighted by Gasteiger charge is 2.14. The van der Waals surface area contributed by atoms with Crippen LogP contribution in [0.15, 0.2) is 54.2 Å². The van der Waals surface area contributed by atoms with Crippen molar-refractivity contribution < 1.29 is 17.2 Å². The van der Waals surface area contributed by atoms with E-state index in [0.717, 1.165) is 42.0 Å². The number of halogens is 1. The molecule has 0 aromatic heterocycles. The minimum absolute atomic E-state index is 0. The summed E-state index contributed by atoms with van der Waals surface area (Å²) in [5.74, 6) is -0.394. The van der Waals surface area contributed by atoms with Gasteiger partial charge in [0.05, 0.1) is 6.04 Å². The van der Waals surface area contributed by atoms with E-state index in [-0.39, 0.29) is 24.0 Å². The molecular weight excluding hydrogens is 408 g/mol. The summed E-state index contributed by atoms with van der Waals surface area (Å²) in [5.41, 5.74) is 5.38. The molecule has 1 unspecified atom stereocenters. The third-order valence-electron chi connectivity index (χ3n) is 5.31. The zero-order valence-electron chi connectivity index (χ0n) is 19.0. The molecule has 0 aliphatic rings. The number of benzene rings is 2. The molecule has 0 bridgehead atoms. The minimum Gasteiger partial charge on any atom is -1.00 e. The molecule has 5 nitrogen and oxygen atoms in total. The largest absolute Gasteiger partial charge is 1.00 e. The first kappa shape index (κ1) is 26.1. The predicted molar refractivity (Wildman–Crippen MR) is 124 cm³/mol. The maximum atomic E-state index is 12.6. The smallest absolute Gasteiger partial charge is 0.263 e. The maximum absolute atomic E-state index is 12.6. The monoisotopic (exact) mass is 439 g/mol. The molecule has 166 valence electrons. The van der Waals surface area contributed by atoms with Crippen molar-refractivity contribution in [3.8, 4) is 6.07 Å². The second-order valence-electron chi connectivity index (χ2n) is 7.28. The summed E-state index contributed by atoms with van der Waals surface area (Å²) in [6, 6.07) is 16.1. The van der Waals surface area contributed by atoms with Gasteiger partial charge >= 0.3 is 0 Å². The molecule has 0 heterocycles. The van der Waals surface area contributed by atoms with Gasteiger partial charge in [-0.2, -0.15) is 5.26 Å². The van der Waals surface area contributed by atoms with Crippen LogP contribution in [0.4, 0.5) is 11.4 Å². The van der Waals surface area contributed by atoms with Crippen LogP contribution < -0.4 is 27.9 Å². The van der Waals surface area contributed by atoms with E-state index >= 15 is 0 Å². The van der Waals surface area contributed by atoms with Gasteiger partial charge in [0, 0.05) is 30.7 Å². The van der Waals surface area contributed by atoms with Crippen molar-refractivity contribution in [3.05, 3.63) is 70.9 Å². The standard InChI is InChI=1S/C25H32N4O.ClH/c1-6-20-9-11-21(12-10-20)19(5)28-25(30)22(16-26)17-27-24-14-13-23(15-18(24)4)29(7-2)8-3;/h9-15,17,19,27H,6-8H2,1-5H3,(H,28,30);1H/p-1/b22-17-;. The Balaban J connectivity index is 0.00000480. The fraction of sp³-hybridized carbons (Fsp3) is 0.360. The van der Waals surface area contributed by atoms with Crippen LogP contribution in [0.5, 0.6) is 0 Å². The van der Waals surface area contributed by atoms with E-state index in [9.17, 15) is 10.1 Å². The molecular formula is C25H32ClN4O-. The molecule has 2 aromatic rings. The van der Waals surface area contributed by atoms with Gasteiger partial charge in [-0.15, -0.1) is 0 Å². The first-order valence-electron chi connectivity index (χ1n) is 10.6. The van der Waals surface area contributed by atoms with Gasteiger partial charge in [-0.1, -0.05) is 31.2 Å². The number of carbonyl (C=O) groups excluding carboxylic acids is 1. The van der Waals surface area contributed by atoms with Crippen molar-refractivity contribution >= 4 is 17.3 Å². The minimum atomic E-state index is -0.394. The Morgan fingerprint density at radius 1 is 1.13 bits per heavy atom. The molecule has 1 atom stereocenters. The van der Waals surface area contributed by atoms with E-state index in [1.54, 1.807) is 0 Å². The van der Waals surface area contributed by atoms with E-state index in [1.807, 2.05) is 44.2 Å². The summed E-state index contributed by atoms with van der Waals surface area (Å²) in [7, 11) is 0. The summed E-state index contributed by atoms with van der Waals surface area (Å²) in [6.45, 7) is 12.2. The van der Waals surface area contributed by atoms with E-state index in [0.29, 0.717) is 0 Å². The lowest BCUT2D eigenvalue weighted by atomic mass is 10.0. The van der Waals surface area contributed by atoms with E-state index < -0.39 is 5.91 Å². The molecule has 2 N–H and O–H groups in total. The third kappa shape index (κ3) is 7.04. The van der Waals surface area contributed by atoms with E-state index in [2.05, 4.69) is 54.5 Å². The Morgan fingerprint density at radius 3 is 2.29 bits per heavy atom.